The summed E-state index contributed by atoms with van der Waals surface area (Å²) in [4.78, 5) is 2.30. The Morgan fingerprint density at radius 1 is 1.57 bits per heavy atom. The molecule has 1 unspecified atom stereocenters. The molecule has 1 aromatic rings. The van der Waals surface area contributed by atoms with Gasteiger partial charge in [-0.2, -0.15) is 0 Å². The van der Waals surface area contributed by atoms with E-state index < -0.39 is 0 Å². The lowest BCUT2D eigenvalue weighted by Gasteiger charge is -2.24. The van der Waals surface area contributed by atoms with Gasteiger partial charge in [0.05, 0.1) is 0 Å². The highest BCUT2D eigenvalue weighted by Gasteiger charge is 2.26. The van der Waals surface area contributed by atoms with Gasteiger partial charge in [0.1, 0.15) is 5.75 Å². The molecule has 76 valence electrons. The smallest absolute Gasteiger partial charge is 0.116 e. The number of anilines is 1. The highest BCUT2D eigenvalue weighted by molar-refractivity contribution is 5.61. The summed E-state index contributed by atoms with van der Waals surface area (Å²) in [6.07, 6.45) is 0.952. The monoisotopic (exact) mass is 192 g/mol. The largest absolute Gasteiger partial charge is 0.508 e. The van der Waals surface area contributed by atoms with Crippen molar-refractivity contribution in [2.75, 3.05) is 18.0 Å². The van der Waals surface area contributed by atoms with E-state index in [2.05, 4.69) is 11.8 Å². The molecule has 0 aliphatic carbocycles. The first kappa shape index (κ1) is 9.34. The summed E-state index contributed by atoms with van der Waals surface area (Å²) in [6.45, 7) is 3.77. The van der Waals surface area contributed by atoms with E-state index in [1.165, 1.54) is 11.3 Å². The van der Waals surface area contributed by atoms with Crippen molar-refractivity contribution in [3.8, 4) is 5.75 Å². The van der Waals surface area contributed by atoms with Gasteiger partial charge >= 0.3 is 0 Å². The highest BCUT2D eigenvalue weighted by atomic mass is 16.3. The third-order valence-electron chi connectivity index (χ3n) is 2.88. The molecule has 0 amide bonds. The molecular formula is C11H16N2O. The average molecular weight is 192 g/mol. The molecule has 0 spiro atoms. The first-order chi connectivity index (χ1) is 6.76. The zero-order valence-electron chi connectivity index (χ0n) is 8.40. The summed E-state index contributed by atoms with van der Waals surface area (Å²) in [7, 11) is 0. The summed E-state index contributed by atoms with van der Waals surface area (Å²) < 4.78 is 0. The quantitative estimate of drug-likeness (QED) is 0.737. The Morgan fingerprint density at radius 2 is 2.36 bits per heavy atom. The molecule has 1 atom stereocenters. The number of aromatic hydroxyl groups is 1. The van der Waals surface area contributed by atoms with Crippen LogP contribution in [0, 0.1) is 0 Å². The van der Waals surface area contributed by atoms with E-state index in [0.29, 0.717) is 18.3 Å². The number of fused-ring (bicyclic) bond motifs is 1. The minimum atomic E-state index is 0.345. The zero-order chi connectivity index (χ0) is 10.1. The summed E-state index contributed by atoms with van der Waals surface area (Å²) in [5.41, 5.74) is 8.15. The number of phenolic OH excluding ortho intramolecular Hbond substituents is 1. The van der Waals surface area contributed by atoms with Gasteiger partial charge < -0.3 is 15.7 Å². The van der Waals surface area contributed by atoms with Gasteiger partial charge in [0.25, 0.3) is 0 Å². The van der Waals surface area contributed by atoms with Gasteiger partial charge in [0.2, 0.25) is 0 Å². The zero-order valence-corrected chi connectivity index (χ0v) is 8.40. The fraction of sp³-hybridized carbons (Fsp3) is 0.455. The van der Waals surface area contributed by atoms with Crippen LogP contribution in [0.15, 0.2) is 18.2 Å². The van der Waals surface area contributed by atoms with E-state index in [9.17, 15) is 5.11 Å². The number of rotatable bonds is 2. The molecule has 0 saturated heterocycles. The third kappa shape index (κ3) is 1.34. The maximum atomic E-state index is 9.36. The molecule has 3 N–H and O–H groups in total. The second kappa shape index (κ2) is 3.50. The molecule has 3 nitrogen and oxygen atoms in total. The van der Waals surface area contributed by atoms with Gasteiger partial charge in [-0.15, -0.1) is 0 Å². The molecule has 0 radical (unpaired) electrons. The van der Waals surface area contributed by atoms with Crippen LogP contribution < -0.4 is 10.6 Å². The first-order valence-corrected chi connectivity index (χ1v) is 5.05. The van der Waals surface area contributed by atoms with Crippen LogP contribution in [0.4, 0.5) is 5.69 Å². The number of hydrogen-bond acceptors (Lipinski definition) is 3. The molecule has 14 heavy (non-hydrogen) atoms. The molecule has 0 bridgehead atoms. The Balaban J connectivity index is 2.37. The normalized spacial score (nSPS) is 19.9. The number of nitrogens with two attached hydrogens (primary N) is 1. The maximum absolute atomic E-state index is 9.36. The van der Waals surface area contributed by atoms with Crippen molar-refractivity contribution in [2.45, 2.75) is 19.4 Å². The second-order valence-electron chi connectivity index (χ2n) is 3.69. The Labute approximate surface area is 84.1 Å². The number of phenols is 1. The summed E-state index contributed by atoms with van der Waals surface area (Å²) >= 11 is 0. The second-order valence-corrected chi connectivity index (χ2v) is 3.69. The molecular weight excluding hydrogens is 176 g/mol. The summed E-state index contributed by atoms with van der Waals surface area (Å²) in [6, 6.07) is 5.95. The third-order valence-corrected chi connectivity index (χ3v) is 2.88. The predicted molar refractivity (Wildman–Crippen MR) is 57.7 cm³/mol. The van der Waals surface area contributed by atoms with Crippen molar-refractivity contribution in [3.05, 3.63) is 23.8 Å². The van der Waals surface area contributed by atoms with Crippen LogP contribution in [-0.2, 0) is 6.42 Å². The molecule has 0 saturated carbocycles. The number of nitrogens with zero attached hydrogens (tertiary/aromatic N) is 1. The maximum Gasteiger partial charge on any atom is 0.116 e. The van der Waals surface area contributed by atoms with Crippen LogP contribution in [-0.4, -0.2) is 24.2 Å². The van der Waals surface area contributed by atoms with Gasteiger partial charge in [0.15, 0.2) is 0 Å². The van der Waals surface area contributed by atoms with Crippen LogP contribution in [0.5, 0.6) is 5.75 Å². The standard InChI is InChI=1S/C11H16N2O/c1-2-13-9(7-12)5-8-6-10(14)3-4-11(8)13/h3-4,6,9,14H,2,5,7,12H2,1H3. The van der Waals surface area contributed by atoms with E-state index in [1.807, 2.05) is 12.1 Å². The van der Waals surface area contributed by atoms with Crippen molar-refractivity contribution in [1.82, 2.24) is 0 Å². The summed E-state index contributed by atoms with van der Waals surface area (Å²) in [5.74, 6) is 0.345. The topological polar surface area (TPSA) is 49.5 Å². The Morgan fingerprint density at radius 3 is 3.00 bits per heavy atom. The minimum absolute atomic E-state index is 0.345. The van der Waals surface area contributed by atoms with Gasteiger partial charge in [-0.05, 0) is 37.1 Å². The number of likely N-dealkylation sites (N-methyl/N-ethyl adjacent to an activating group) is 1. The lowest BCUT2D eigenvalue weighted by molar-refractivity contribution is 0.475. The van der Waals surface area contributed by atoms with Gasteiger partial charge in [-0.3, -0.25) is 0 Å². The Kier molecular flexibility index (Phi) is 2.33. The lowest BCUT2D eigenvalue weighted by atomic mass is 10.1. The molecule has 0 aromatic heterocycles. The number of hydrogen-bond donors (Lipinski definition) is 2. The molecule has 3 heteroatoms. The van der Waals surface area contributed by atoms with E-state index in [0.717, 1.165) is 13.0 Å². The van der Waals surface area contributed by atoms with Crippen LogP contribution in [0.1, 0.15) is 12.5 Å². The van der Waals surface area contributed by atoms with Crippen molar-refractivity contribution in [3.63, 3.8) is 0 Å². The van der Waals surface area contributed by atoms with E-state index in [1.54, 1.807) is 6.07 Å². The van der Waals surface area contributed by atoms with Crippen LogP contribution in [0.2, 0.25) is 0 Å². The van der Waals surface area contributed by atoms with Gasteiger partial charge in [0, 0.05) is 24.8 Å². The minimum Gasteiger partial charge on any atom is -0.508 e. The van der Waals surface area contributed by atoms with Gasteiger partial charge in [-0.1, -0.05) is 0 Å². The van der Waals surface area contributed by atoms with E-state index in [4.69, 9.17) is 5.73 Å². The fourth-order valence-corrected chi connectivity index (χ4v) is 2.22. The van der Waals surface area contributed by atoms with Crippen molar-refractivity contribution < 1.29 is 5.11 Å². The molecule has 0 fully saturated rings. The van der Waals surface area contributed by atoms with Crippen LogP contribution >= 0.6 is 0 Å². The van der Waals surface area contributed by atoms with Crippen LogP contribution in [0.3, 0.4) is 0 Å². The fourth-order valence-electron chi connectivity index (χ4n) is 2.22. The van der Waals surface area contributed by atoms with Gasteiger partial charge in [-0.25, -0.2) is 0 Å². The molecule has 2 rings (SSSR count). The van der Waals surface area contributed by atoms with E-state index >= 15 is 0 Å². The Hall–Kier alpha value is -1.22. The van der Waals surface area contributed by atoms with Crippen molar-refractivity contribution in [2.24, 2.45) is 5.73 Å². The molecule has 1 aliphatic rings. The SMILES string of the molecule is CCN1c2ccc(O)cc2CC1CN. The first-order valence-electron chi connectivity index (χ1n) is 5.05. The highest BCUT2D eigenvalue weighted by Crippen LogP contribution is 2.33. The van der Waals surface area contributed by atoms with E-state index in [-0.39, 0.29) is 0 Å². The lowest BCUT2D eigenvalue weighted by Crippen LogP contribution is -2.37. The van der Waals surface area contributed by atoms with Crippen molar-refractivity contribution >= 4 is 5.69 Å². The Bertz CT molecular complexity index is 338. The molecule has 1 aromatic carbocycles. The molecule has 1 heterocycles. The van der Waals surface area contributed by atoms with Crippen LogP contribution in [0.25, 0.3) is 0 Å². The number of benzene rings is 1. The summed E-state index contributed by atoms with van der Waals surface area (Å²) in [5, 5.41) is 9.36. The van der Waals surface area contributed by atoms with Crippen molar-refractivity contribution in [1.29, 1.82) is 0 Å². The average Bonchev–Trinajstić information content (AvgIpc) is 2.54. The predicted octanol–water partition coefficient (Wildman–Crippen LogP) is 1.10. The molecule has 1 aliphatic heterocycles.